The zero-order chi connectivity index (χ0) is 23.8. The van der Waals surface area contributed by atoms with E-state index < -0.39 is 27.9 Å². The predicted molar refractivity (Wildman–Crippen MR) is 122 cm³/mol. The summed E-state index contributed by atoms with van der Waals surface area (Å²) in [4.78, 5) is 35.9. The van der Waals surface area contributed by atoms with E-state index in [0.717, 1.165) is 11.3 Å². The maximum absolute atomic E-state index is 12.9. The van der Waals surface area contributed by atoms with Crippen molar-refractivity contribution in [2.75, 3.05) is 26.2 Å². The Hall–Kier alpha value is -3.23. The molecule has 6 N–H and O–H groups in total. The highest BCUT2D eigenvalue weighted by Crippen LogP contribution is 2.29. The molecule has 0 spiro atoms. The lowest BCUT2D eigenvalue weighted by Crippen LogP contribution is -2.54. The summed E-state index contributed by atoms with van der Waals surface area (Å²) in [5.74, 6) is -1.08. The van der Waals surface area contributed by atoms with Crippen LogP contribution in [0.1, 0.15) is 12.8 Å². The van der Waals surface area contributed by atoms with Gasteiger partial charge in [-0.15, -0.1) is 11.3 Å². The number of hydrogen-bond donors (Lipinski definition) is 4. The Morgan fingerprint density at radius 2 is 2.12 bits per heavy atom. The highest BCUT2D eigenvalue weighted by atomic mass is 32.2. The first-order chi connectivity index (χ1) is 15.8. The van der Waals surface area contributed by atoms with E-state index in [0.29, 0.717) is 30.0 Å². The van der Waals surface area contributed by atoms with Gasteiger partial charge >= 0.3 is 0 Å². The van der Waals surface area contributed by atoms with Crippen LogP contribution >= 0.6 is 11.3 Å². The average molecular weight is 496 g/mol. The lowest BCUT2D eigenvalue weighted by atomic mass is 10.1. The minimum atomic E-state index is -3.92. The zero-order valence-electron chi connectivity index (χ0n) is 17.6. The molecular weight excluding hydrogens is 470 g/mol. The smallest absolute Gasteiger partial charge is 0.250 e. The molecule has 1 saturated heterocycles. The quantitative estimate of drug-likeness (QED) is 0.146. The Morgan fingerprint density at radius 1 is 1.30 bits per heavy atom. The predicted octanol–water partition coefficient (Wildman–Crippen LogP) is -0.599. The summed E-state index contributed by atoms with van der Waals surface area (Å²) in [6.45, 7) is 0.367. The Labute approximate surface area is 195 Å². The number of oxime groups is 1. The molecule has 0 aliphatic carbocycles. The van der Waals surface area contributed by atoms with E-state index in [1.165, 1.54) is 11.0 Å². The van der Waals surface area contributed by atoms with Crippen molar-refractivity contribution in [3.8, 4) is 10.6 Å². The topological polar surface area (TPSA) is 182 Å². The number of hydrogen-bond acceptors (Lipinski definition) is 8. The third-order valence-electron chi connectivity index (χ3n) is 4.61. The first kappa shape index (κ1) is 24.4. The molecule has 0 bridgehead atoms. The van der Waals surface area contributed by atoms with Crippen LogP contribution in [0.5, 0.6) is 0 Å². The summed E-state index contributed by atoms with van der Waals surface area (Å²) < 4.78 is 28.3. The van der Waals surface area contributed by atoms with Crippen molar-refractivity contribution < 1.29 is 22.8 Å². The summed E-state index contributed by atoms with van der Waals surface area (Å²) in [5, 5.41) is 5.91. The Balaban J connectivity index is 1.55. The van der Waals surface area contributed by atoms with Gasteiger partial charge in [-0.05, 0) is 42.3 Å². The van der Waals surface area contributed by atoms with E-state index >= 15 is 0 Å². The molecule has 1 aliphatic heterocycles. The van der Waals surface area contributed by atoms with Gasteiger partial charge in [0.05, 0.1) is 23.7 Å². The third-order valence-corrected chi connectivity index (χ3v) is 7.68. The van der Waals surface area contributed by atoms with Crippen LogP contribution in [0, 0.1) is 0 Å². The molecule has 0 unspecified atom stereocenters. The van der Waals surface area contributed by atoms with Crippen molar-refractivity contribution in [2.24, 2.45) is 16.6 Å². The molecule has 12 nitrogen and oxygen atoms in total. The van der Waals surface area contributed by atoms with E-state index in [1.807, 2.05) is 6.07 Å². The number of aromatic nitrogens is 1. The highest BCUT2D eigenvalue weighted by Gasteiger charge is 2.33. The third kappa shape index (κ3) is 6.87. The van der Waals surface area contributed by atoms with E-state index in [-0.39, 0.29) is 29.9 Å². The molecule has 3 rings (SSSR count). The van der Waals surface area contributed by atoms with Gasteiger partial charge in [0.25, 0.3) is 10.0 Å². The number of nitrogens with two attached hydrogens (primary N) is 2. The molecule has 178 valence electrons. The molecule has 14 heteroatoms. The van der Waals surface area contributed by atoms with Gasteiger partial charge in [-0.25, -0.2) is 8.42 Å². The number of piperidine rings is 1. The molecule has 1 aliphatic rings. The summed E-state index contributed by atoms with van der Waals surface area (Å²) in [6, 6.07) is 7.60. The monoisotopic (exact) mass is 495 g/mol. The fourth-order valence-corrected chi connectivity index (χ4v) is 5.67. The molecule has 33 heavy (non-hydrogen) atoms. The molecule has 0 saturated carbocycles. The van der Waals surface area contributed by atoms with Gasteiger partial charge in [0.15, 0.2) is 0 Å². The van der Waals surface area contributed by atoms with Gasteiger partial charge in [-0.2, -0.15) is 4.72 Å². The molecule has 1 atom stereocenters. The van der Waals surface area contributed by atoms with Crippen molar-refractivity contribution in [1.29, 1.82) is 0 Å². The number of sulfonamides is 1. The first-order valence-corrected chi connectivity index (χ1v) is 12.4. The molecule has 0 radical (unpaired) electrons. The number of carbonyl (C=O) groups excluding carboxylic acids is 2. The number of likely N-dealkylation sites (tertiary alicyclic amines) is 1. The molecule has 2 aromatic heterocycles. The van der Waals surface area contributed by atoms with Gasteiger partial charge in [-0.1, -0.05) is 6.07 Å². The van der Waals surface area contributed by atoms with Gasteiger partial charge in [0, 0.05) is 12.7 Å². The second-order valence-electron chi connectivity index (χ2n) is 7.11. The number of rotatable bonds is 10. The normalized spacial score (nSPS) is 16.3. The second kappa shape index (κ2) is 11.1. The van der Waals surface area contributed by atoms with Crippen molar-refractivity contribution in [3.63, 3.8) is 0 Å². The van der Waals surface area contributed by atoms with Crippen molar-refractivity contribution in [3.05, 3.63) is 36.5 Å². The van der Waals surface area contributed by atoms with E-state index in [9.17, 15) is 18.0 Å². The van der Waals surface area contributed by atoms with Crippen LogP contribution in [0.25, 0.3) is 10.6 Å². The van der Waals surface area contributed by atoms with Crippen molar-refractivity contribution in [2.45, 2.75) is 23.1 Å². The molecular formula is C19H25N7O5S2. The average Bonchev–Trinajstić information content (AvgIpc) is 3.28. The van der Waals surface area contributed by atoms with Crippen LogP contribution in [0.2, 0.25) is 0 Å². The van der Waals surface area contributed by atoms with Crippen LogP contribution in [0.15, 0.2) is 45.9 Å². The van der Waals surface area contributed by atoms with Crippen molar-refractivity contribution >= 4 is 39.1 Å². The number of carbonyl (C=O) groups is 2. The van der Waals surface area contributed by atoms with Gasteiger partial charge in [0.2, 0.25) is 17.8 Å². The summed E-state index contributed by atoms with van der Waals surface area (Å²) >= 11 is 1.07. The first-order valence-electron chi connectivity index (χ1n) is 10.1. The zero-order valence-corrected chi connectivity index (χ0v) is 19.3. The number of amides is 2. The number of pyridine rings is 1. The van der Waals surface area contributed by atoms with Crippen molar-refractivity contribution in [1.82, 2.24) is 19.9 Å². The number of nitrogens with zero attached hydrogens (tertiary/aromatic N) is 3. The molecule has 1 fully saturated rings. The van der Waals surface area contributed by atoms with Crippen LogP contribution in [-0.2, 0) is 24.4 Å². The highest BCUT2D eigenvalue weighted by molar-refractivity contribution is 7.91. The Kier molecular flexibility index (Phi) is 8.19. The molecule has 2 aromatic rings. The number of nitrogens with one attached hydrogen (secondary N) is 2. The van der Waals surface area contributed by atoms with Gasteiger partial charge in [0.1, 0.15) is 16.9 Å². The van der Waals surface area contributed by atoms with Gasteiger partial charge < -0.3 is 26.5 Å². The minimum Gasteiger partial charge on any atom is -0.391 e. The second-order valence-corrected chi connectivity index (χ2v) is 10.1. The molecule has 2 amide bonds. The Morgan fingerprint density at radius 3 is 2.85 bits per heavy atom. The Bertz CT molecular complexity index is 1100. The van der Waals surface area contributed by atoms with E-state index in [2.05, 4.69) is 20.2 Å². The summed E-state index contributed by atoms with van der Waals surface area (Å²) in [6.07, 6.45) is 2.54. The standard InChI is InChI=1S/C19H25N7O5S2/c20-19(21)24-31-11-9-23-16(27)12-26-10-3-5-14(18(26)28)25-33(29,30)17-7-6-15(32-17)13-4-1-2-8-22-13/h1-2,4,6-8,14,25H,3,5,9-12H2,(H,23,27)(H4,20,21,24)/t14-/m0/s1. The van der Waals surface area contributed by atoms with Gasteiger partial charge in [-0.3, -0.25) is 14.6 Å². The summed E-state index contributed by atoms with van der Waals surface area (Å²) in [5.41, 5.74) is 10.9. The number of guanidine groups is 1. The maximum Gasteiger partial charge on any atom is 0.250 e. The van der Waals surface area contributed by atoms with E-state index in [1.54, 1.807) is 24.4 Å². The van der Waals surface area contributed by atoms with Crippen LogP contribution < -0.4 is 21.5 Å². The SMILES string of the molecule is NC(N)=NOCCNC(=O)CN1CCC[C@H](NS(=O)(=O)c2ccc(-c3ccccn3)s2)C1=O. The largest absolute Gasteiger partial charge is 0.391 e. The molecule has 3 heterocycles. The fraction of sp³-hybridized carbons (Fsp3) is 0.368. The summed E-state index contributed by atoms with van der Waals surface area (Å²) in [7, 11) is -3.92. The van der Waals surface area contributed by atoms with Crippen LogP contribution in [0.4, 0.5) is 0 Å². The minimum absolute atomic E-state index is 0.0569. The maximum atomic E-state index is 12.9. The lowest BCUT2D eigenvalue weighted by Gasteiger charge is -2.31. The van der Waals surface area contributed by atoms with Crippen LogP contribution in [-0.4, -0.2) is 68.4 Å². The lowest BCUT2D eigenvalue weighted by molar-refractivity contribution is -0.139. The number of thiophene rings is 1. The van der Waals surface area contributed by atoms with Crippen LogP contribution in [0.3, 0.4) is 0 Å². The molecule has 0 aromatic carbocycles. The fourth-order valence-electron chi connectivity index (χ4n) is 3.15. The van der Waals surface area contributed by atoms with E-state index in [4.69, 9.17) is 16.3 Å².